The van der Waals surface area contributed by atoms with Gasteiger partial charge in [0.25, 0.3) is 0 Å². The van der Waals surface area contributed by atoms with Crippen LogP contribution in [-0.2, 0) is 22.2 Å². The van der Waals surface area contributed by atoms with E-state index in [1.54, 1.807) is 16.7 Å². The number of nitrogens with one attached hydrogen (secondary N) is 1. The number of rotatable bonds is 6. The van der Waals surface area contributed by atoms with Crippen molar-refractivity contribution in [1.82, 2.24) is 9.88 Å². The van der Waals surface area contributed by atoms with E-state index in [2.05, 4.69) is 10.3 Å². The monoisotopic (exact) mass is 473 g/mol. The molecular weight excluding hydrogens is 459 g/mol. The van der Waals surface area contributed by atoms with E-state index >= 15 is 0 Å². The van der Waals surface area contributed by atoms with Gasteiger partial charge in [0.1, 0.15) is 5.01 Å². The lowest BCUT2D eigenvalue weighted by molar-refractivity contribution is -0.137. The summed E-state index contributed by atoms with van der Waals surface area (Å²) in [5.74, 6) is -0.959. The Labute approximate surface area is 183 Å². The first-order valence-electron chi connectivity index (χ1n) is 8.52. The fourth-order valence-corrected chi connectivity index (χ4v) is 4.37. The van der Waals surface area contributed by atoms with Crippen molar-refractivity contribution >= 4 is 51.8 Å². The molecule has 1 aromatic carbocycles. The minimum absolute atomic E-state index is 0.0187. The van der Waals surface area contributed by atoms with Gasteiger partial charge in [0, 0.05) is 18.1 Å². The molecular formula is C19H15ClF3N3O2S2. The van der Waals surface area contributed by atoms with Gasteiger partial charge in [0.05, 0.1) is 34.1 Å². The molecule has 3 rings (SSSR count). The van der Waals surface area contributed by atoms with Gasteiger partial charge in [0.15, 0.2) is 0 Å². The van der Waals surface area contributed by atoms with Crippen LogP contribution in [0.15, 0.2) is 41.1 Å². The number of alkyl halides is 3. The molecule has 0 unspecified atom stereocenters. The first-order valence-corrected chi connectivity index (χ1v) is 10.7. The van der Waals surface area contributed by atoms with Crippen LogP contribution in [0.2, 0.25) is 5.02 Å². The van der Waals surface area contributed by atoms with Crippen LogP contribution in [0.4, 0.5) is 18.9 Å². The molecule has 0 saturated carbocycles. The van der Waals surface area contributed by atoms with Crippen molar-refractivity contribution in [3.05, 3.63) is 57.4 Å². The summed E-state index contributed by atoms with van der Waals surface area (Å²) in [6.45, 7) is -0.315. The number of aromatic nitrogens is 1. The molecule has 2 heterocycles. The van der Waals surface area contributed by atoms with E-state index in [1.165, 1.54) is 29.4 Å². The van der Waals surface area contributed by atoms with Crippen molar-refractivity contribution in [2.24, 2.45) is 0 Å². The summed E-state index contributed by atoms with van der Waals surface area (Å²) in [5.41, 5.74) is -0.512. The number of thiophene rings is 1. The SMILES string of the molecule is CN(CC(=O)Nc1ccc(Cl)c(C(F)(F)F)c1)C(=O)Cc1csc(-c2cccs2)n1. The average Bonchev–Trinajstić information content (AvgIpc) is 3.33. The number of carbonyl (C=O) groups is 2. The molecule has 0 fully saturated rings. The predicted octanol–water partition coefficient (Wildman–Crippen LogP) is 5.18. The highest BCUT2D eigenvalue weighted by atomic mass is 35.5. The predicted molar refractivity (Wildman–Crippen MR) is 112 cm³/mol. The lowest BCUT2D eigenvalue weighted by Crippen LogP contribution is -2.35. The molecule has 2 aromatic heterocycles. The quantitative estimate of drug-likeness (QED) is 0.536. The van der Waals surface area contributed by atoms with Crippen molar-refractivity contribution in [2.45, 2.75) is 12.6 Å². The van der Waals surface area contributed by atoms with E-state index in [1.807, 2.05) is 17.5 Å². The highest BCUT2D eigenvalue weighted by Crippen LogP contribution is 2.36. The smallest absolute Gasteiger partial charge is 0.336 e. The van der Waals surface area contributed by atoms with Gasteiger partial charge in [-0.15, -0.1) is 22.7 Å². The molecule has 0 aliphatic rings. The van der Waals surface area contributed by atoms with Crippen LogP contribution in [0.25, 0.3) is 9.88 Å². The maximum absolute atomic E-state index is 12.9. The molecule has 158 valence electrons. The molecule has 5 nitrogen and oxygen atoms in total. The molecule has 11 heteroatoms. The molecule has 0 aliphatic heterocycles. The Kier molecular flexibility index (Phi) is 6.79. The maximum Gasteiger partial charge on any atom is 0.417 e. The van der Waals surface area contributed by atoms with Crippen LogP contribution in [-0.4, -0.2) is 35.3 Å². The molecule has 3 aromatic rings. The second kappa shape index (κ2) is 9.15. The van der Waals surface area contributed by atoms with Crippen LogP contribution in [0, 0.1) is 0 Å². The standard InChI is InChI=1S/C19H15ClF3N3O2S2/c1-26(17(28)8-12-10-30-18(25-12)15-3-2-6-29-15)9-16(27)24-11-4-5-14(20)13(7-11)19(21,22)23/h2-7,10H,8-9H2,1H3,(H,24,27). The number of halogens is 4. The van der Waals surface area contributed by atoms with Gasteiger partial charge >= 0.3 is 6.18 Å². The molecule has 1 N–H and O–H groups in total. The van der Waals surface area contributed by atoms with Gasteiger partial charge in [-0.25, -0.2) is 4.98 Å². The molecule has 30 heavy (non-hydrogen) atoms. The zero-order valence-corrected chi connectivity index (χ0v) is 17.9. The first-order chi connectivity index (χ1) is 14.1. The normalized spacial score (nSPS) is 11.4. The van der Waals surface area contributed by atoms with Crippen LogP contribution in [0.1, 0.15) is 11.3 Å². The van der Waals surface area contributed by atoms with E-state index in [4.69, 9.17) is 11.6 Å². The molecule has 0 radical (unpaired) electrons. The number of nitrogens with zero attached hydrogens (tertiary/aromatic N) is 2. The summed E-state index contributed by atoms with van der Waals surface area (Å²) in [7, 11) is 1.44. The van der Waals surface area contributed by atoms with Gasteiger partial charge in [-0.1, -0.05) is 17.7 Å². The largest absolute Gasteiger partial charge is 0.417 e. The number of amides is 2. The third kappa shape index (κ3) is 5.59. The summed E-state index contributed by atoms with van der Waals surface area (Å²) in [6, 6.07) is 6.92. The van der Waals surface area contributed by atoms with E-state index in [0.717, 1.165) is 22.0 Å². The zero-order chi connectivity index (χ0) is 21.9. The Morgan fingerprint density at radius 2 is 2.00 bits per heavy atom. The minimum Gasteiger partial charge on any atom is -0.336 e. The number of carbonyl (C=O) groups excluding carboxylic acids is 2. The Bertz CT molecular complexity index is 1050. The third-order valence-electron chi connectivity index (χ3n) is 3.98. The summed E-state index contributed by atoms with van der Waals surface area (Å²) in [5, 5.41) is 6.43. The van der Waals surface area contributed by atoms with E-state index in [9.17, 15) is 22.8 Å². The fraction of sp³-hybridized carbons (Fsp3) is 0.211. The Balaban J connectivity index is 1.57. The average molecular weight is 474 g/mol. The third-order valence-corrected chi connectivity index (χ3v) is 6.24. The number of hydrogen-bond donors (Lipinski definition) is 1. The summed E-state index contributed by atoms with van der Waals surface area (Å²) >= 11 is 8.54. The zero-order valence-electron chi connectivity index (χ0n) is 15.5. The molecule has 0 spiro atoms. The second-order valence-corrected chi connectivity index (χ2v) is 8.50. The number of hydrogen-bond acceptors (Lipinski definition) is 5. The number of benzene rings is 1. The van der Waals surface area contributed by atoms with Gasteiger partial charge in [-0.3, -0.25) is 9.59 Å². The van der Waals surface area contributed by atoms with Crippen molar-refractivity contribution in [1.29, 1.82) is 0 Å². The van der Waals surface area contributed by atoms with Gasteiger partial charge < -0.3 is 10.2 Å². The molecule has 2 amide bonds. The molecule has 0 aliphatic carbocycles. The minimum atomic E-state index is -4.64. The Hall–Kier alpha value is -2.43. The fourth-order valence-electron chi connectivity index (χ4n) is 2.52. The van der Waals surface area contributed by atoms with Gasteiger partial charge in [-0.2, -0.15) is 13.2 Å². The summed E-state index contributed by atoms with van der Waals surface area (Å²) in [6.07, 6.45) is -4.62. The number of likely N-dealkylation sites (N-methyl/N-ethyl adjacent to an activating group) is 1. The second-order valence-electron chi connectivity index (χ2n) is 6.29. The maximum atomic E-state index is 12.9. The number of anilines is 1. The van der Waals surface area contributed by atoms with Crippen molar-refractivity contribution in [3.8, 4) is 9.88 Å². The van der Waals surface area contributed by atoms with Crippen LogP contribution >= 0.6 is 34.3 Å². The summed E-state index contributed by atoms with van der Waals surface area (Å²) in [4.78, 5) is 31.2. The highest BCUT2D eigenvalue weighted by molar-refractivity contribution is 7.20. The van der Waals surface area contributed by atoms with Crippen LogP contribution < -0.4 is 5.32 Å². The van der Waals surface area contributed by atoms with Crippen molar-refractivity contribution in [2.75, 3.05) is 18.9 Å². The lowest BCUT2D eigenvalue weighted by Gasteiger charge is -2.17. The van der Waals surface area contributed by atoms with E-state index < -0.39 is 22.7 Å². The molecule has 0 bridgehead atoms. The van der Waals surface area contributed by atoms with Crippen molar-refractivity contribution < 1.29 is 22.8 Å². The Morgan fingerprint density at radius 1 is 1.23 bits per heavy atom. The Morgan fingerprint density at radius 3 is 2.67 bits per heavy atom. The van der Waals surface area contributed by atoms with Crippen LogP contribution in [0.3, 0.4) is 0 Å². The lowest BCUT2D eigenvalue weighted by atomic mass is 10.2. The topological polar surface area (TPSA) is 62.3 Å². The van der Waals surface area contributed by atoms with Crippen LogP contribution in [0.5, 0.6) is 0 Å². The van der Waals surface area contributed by atoms with Gasteiger partial charge in [0.2, 0.25) is 11.8 Å². The summed E-state index contributed by atoms with van der Waals surface area (Å²) < 4.78 is 38.8. The van der Waals surface area contributed by atoms with Gasteiger partial charge in [-0.05, 0) is 29.6 Å². The van der Waals surface area contributed by atoms with Crippen molar-refractivity contribution in [3.63, 3.8) is 0 Å². The van der Waals surface area contributed by atoms with E-state index in [-0.39, 0.29) is 24.6 Å². The first kappa shape index (κ1) is 22.3. The van der Waals surface area contributed by atoms with E-state index in [0.29, 0.717) is 5.69 Å². The number of thiazole rings is 1. The molecule has 0 saturated heterocycles. The molecule has 0 atom stereocenters. The highest BCUT2D eigenvalue weighted by Gasteiger charge is 2.33.